The molecule has 0 aliphatic heterocycles. The summed E-state index contributed by atoms with van der Waals surface area (Å²) in [5.74, 6) is -0.565. The summed E-state index contributed by atoms with van der Waals surface area (Å²) in [6.07, 6.45) is 6.01. The molecule has 0 fully saturated rings. The van der Waals surface area contributed by atoms with E-state index >= 15 is 0 Å². The summed E-state index contributed by atoms with van der Waals surface area (Å²) in [7, 11) is 0. The molecule has 4 nitrogen and oxygen atoms in total. The van der Waals surface area contributed by atoms with E-state index in [-0.39, 0.29) is 11.7 Å². The van der Waals surface area contributed by atoms with Crippen molar-refractivity contribution in [2.24, 2.45) is 0 Å². The monoisotopic (exact) mass is 249 g/mol. The molecule has 0 spiro atoms. The molecule has 1 N–H and O–H groups in total. The van der Waals surface area contributed by atoms with Gasteiger partial charge in [-0.3, -0.25) is 4.79 Å². The maximum absolute atomic E-state index is 13.0. The fourth-order valence-corrected chi connectivity index (χ4v) is 1.74. The summed E-state index contributed by atoms with van der Waals surface area (Å²) < 4.78 is 14.5. The average molecular weight is 249 g/mol. The van der Waals surface area contributed by atoms with Crippen LogP contribution in [-0.4, -0.2) is 21.8 Å². The van der Waals surface area contributed by atoms with E-state index in [1.807, 2.05) is 0 Å². The molecule has 0 atom stereocenters. The smallest absolute Gasteiger partial charge is 0.271 e. The number of imidazole rings is 1. The summed E-state index contributed by atoms with van der Waals surface area (Å²) in [5.41, 5.74) is 0.882. The van der Waals surface area contributed by atoms with E-state index in [9.17, 15) is 9.18 Å². The van der Waals surface area contributed by atoms with Gasteiger partial charge >= 0.3 is 0 Å². The molecule has 0 radical (unpaired) electrons. The number of unbranched alkanes of at least 4 members (excludes halogenated alkanes) is 2. The second-order valence-corrected chi connectivity index (χ2v) is 4.20. The first-order chi connectivity index (χ1) is 8.70. The van der Waals surface area contributed by atoms with E-state index < -0.39 is 0 Å². The Balaban J connectivity index is 2.04. The molecular formula is C13H16FN3O. The van der Waals surface area contributed by atoms with Gasteiger partial charge in [0.2, 0.25) is 0 Å². The summed E-state index contributed by atoms with van der Waals surface area (Å²) in [4.78, 5) is 15.9. The number of fused-ring (bicyclic) bond motifs is 1. The number of hydrogen-bond acceptors (Lipinski definition) is 2. The molecule has 2 aromatic heterocycles. The van der Waals surface area contributed by atoms with Crippen LogP contribution in [0.15, 0.2) is 24.5 Å². The number of nitrogens with one attached hydrogen (secondary N) is 1. The van der Waals surface area contributed by atoms with Crippen molar-refractivity contribution < 1.29 is 9.18 Å². The fourth-order valence-electron chi connectivity index (χ4n) is 1.74. The van der Waals surface area contributed by atoms with Crippen molar-refractivity contribution in [3.05, 3.63) is 36.0 Å². The van der Waals surface area contributed by atoms with E-state index in [4.69, 9.17) is 0 Å². The first kappa shape index (κ1) is 12.5. The number of nitrogens with zero attached hydrogens (tertiary/aromatic N) is 2. The van der Waals surface area contributed by atoms with Crippen molar-refractivity contribution in [2.45, 2.75) is 26.2 Å². The van der Waals surface area contributed by atoms with E-state index in [1.165, 1.54) is 22.9 Å². The molecule has 0 aromatic carbocycles. The maximum atomic E-state index is 13.0. The van der Waals surface area contributed by atoms with Crippen LogP contribution in [0.1, 0.15) is 36.7 Å². The zero-order valence-corrected chi connectivity index (χ0v) is 10.3. The van der Waals surface area contributed by atoms with Crippen molar-refractivity contribution >= 4 is 11.6 Å². The highest BCUT2D eigenvalue weighted by Crippen LogP contribution is 2.07. The predicted molar refractivity (Wildman–Crippen MR) is 67.0 cm³/mol. The first-order valence-corrected chi connectivity index (χ1v) is 6.13. The summed E-state index contributed by atoms with van der Waals surface area (Å²) >= 11 is 0. The molecule has 0 unspecified atom stereocenters. The van der Waals surface area contributed by atoms with Gasteiger partial charge in [-0.1, -0.05) is 19.8 Å². The predicted octanol–water partition coefficient (Wildman–Crippen LogP) is 2.39. The zero-order valence-electron chi connectivity index (χ0n) is 10.3. The minimum Gasteiger partial charge on any atom is -0.351 e. The van der Waals surface area contributed by atoms with Gasteiger partial charge in [0.15, 0.2) is 0 Å². The van der Waals surface area contributed by atoms with Gasteiger partial charge in [-0.15, -0.1) is 0 Å². The van der Waals surface area contributed by atoms with Crippen molar-refractivity contribution in [1.29, 1.82) is 0 Å². The number of halogens is 1. The summed E-state index contributed by atoms with van der Waals surface area (Å²) in [6.45, 7) is 2.76. The topological polar surface area (TPSA) is 46.4 Å². The van der Waals surface area contributed by atoms with Gasteiger partial charge in [0, 0.05) is 18.9 Å². The van der Waals surface area contributed by atoms with Gasteiger partial charge in [-0.2, -0.15) is 0 Å². The van der Waals surface area contributed by atoms with Crippen LogP contribution in [0, 0.1) is 5.82 Å². The lowest BCUT2D eigenvalue weighted by molar-refractivity contribution is 0.0948. The van der Waals surface area contributed by atoms with Crippen LogP contribution in [0.5, 0.6) is 0 Å². The second-order valence-electron chi connectivity index (χ2n) is 4.20. The number of carbonyl (C=O) groups excluding carboxylic acids is 1. The van der Waals surface area contributed by atoms with Crippen molar-refractivity contribution in [3.8, 4) is 0 Å². The van der Waals surface area contributed by atoms with Gasteiger partial charge in [0.25, 0.3) is 5.91 Å². The Morgan fingerprint density at radius 2 is 2.22 bits per heavy atom. The normalized spacial score (nSPS) is 10.8. The van der Waals surface area contributed by atoms with Crippen molar-refractivity contribution in [1.82, 2.24) is 14.7 Å². The van der Waals surface area contributed by atoms with Crippen molar-refractivity contribution in [3.63, 3.8) is 0 Å². The van der Waals surface area contributed by atoms with E-state index in [0.29, 0.717) is 17.9 Å². The lowest BCUT2D eigenvalue weighted by Gasteiger charge is -2.01. The number of aromatic nitrogens is 2. The average Bonchev–Trinajstić information content (AvgIpc) is 2.77. The molecule has 2 aromatic rings. The Bertz CT molecular complexity index is 550. The Hall–Kier alpha value is -1.91. The number of rotatable bonds is 5. The number of pyridine rings is 1. The number of amides is 1. The largest absolute Gasteiger partial charge is 0.351 e. The molecule has 0 saturated heterocycles. The molecule has 2 heterocycles. The third-order valence-corrected chi connectivity index (χ3v) is 2.71. The van der Waals surface area contributed by atoms with Crippen LogP contribution in [0.2, 0.25) is 0 Å². The van der Waals surface area contributed by atoms with Crippen LogP contribution in [0.4, 0.5) is 4.39 Å². The third kappa shape index (κ3) is 2.85. The van der Waals surface area contributed by atoms with Crippen LogP contribution in [0.25, 0.3) is 5.65 Å². The lowest BCUT2D eigenvalue weighted by atomic mass is 10.2. The van der Waals surface area contributed by atoms with Crippen LogP contribution >= 0.6 is 0 Å². The van der Waals surface area contributed by atoms with E-state index in [0.717, 1.165) is 19.3 Å². The number of hydrogen-bond donors (Lipinski definition) is 1. The van der Waals surface area contributed by atoms with Crippen LogP contribution in [0.3, 0.4) is 0 Å². The quantitative estimate of drug-likeness (QED) is 0.827. The molecular weight excluding hydrogens is 233 g/mol. The van der Waals surface area contributed by atoms with Gasteiger partial charge in [-0.25, -0.2) is 9.37 Å². The molecule has 2 rings (SSSR count). The van der Waals surface area contributed by atoms with Crippen LogP contribution in [-0.2, 0) is 0 Å². The molecule has 1 amide bonds. The fraction of sp³-hybridized carbons (Fsp3) is 0.385. The minimum absolute atomic E-state index is 0.213. The van der Waals surface area contributed by atoms with E-state index in [2.05, 4.69) is 17.2 Å². The summed E-state index contributed by atoms with van der Waals surface area (Å²) in [5, 5.41) is 2.80. The second kappa shape index (κ2) is 5.62. The lowest BCUT2D eigenvalue weighted by Crippen LogP contribution is -2.24. The molecule has 0 aliphatic carbocycles. The minimum atomic E-state index is -0.352. The highest BCUT2D eigenvalue weighted by molar-refractivity contribution is 5.92. The van der Waals surface area contributed by atoms with Gasteiger partial charge < -0.3 is 9.72 Å². The first-order valence-electron chi connectivity index (χ1n) is 6.13. The van der Waals surface area contributed by atoms with Gasteiger partial charge in [0.1, 0.15) is 17.2 Å². The molecule has 0 saturated carbocycles. The summed E-state index contributed by atoms with van der Waals surface area (Å²) in [6, 6.07) is 2.87. The Labute approximate surface area is 105 Å². The molecule has 0 aliphatic rings. The molecule has 5 heteroatoms. The third-order valence-electron chi connectivity index (χ3n) is 2.71. The molecule has 18 heavy (non-hydrogen) atoms. The Kier molecular flexibility index (Phi) is 3.92. The standard InChI is InChI=1S/C13H16FN3O/c1-2-3-4-7-15-13(18)11-9-17-8-10(14)5-6-12(17)16-11/h5-6,8-9H,2-4,7H2,1H3,(H,15,18). The molecule has 96 valence electrons. The Morgan fingerprint density at radius 1 is 1.39 bits per heavy atom. The van der Waals surface area contributed by atoms with Gasteiger partial charge in [-0.05, 0) is 18.6 Å². The zero-order chi connectivity index (χ0) is 13.0. The maximum Gasteiger partial charge on any atom is 0.271 e. The highest BCUT2D eigenvalue weighted by atomic mass is 19.1. The van der Waals surface area contributed by atoms with Gasteiger partial charge in [0.05, 0.1) is 0 Å². The van der Waals surface area contributed by atoms with E-state index in [1.54, 1.807) is 6.07 Å². The SMILES string of the molecule is CCCCCNC(=O)c1cn2cc(F)ccc2n1. The Morgan fingerprint density at radius 3 is 3.00 bits per heavy atom. The highest BCUT2D eigenvalue weighted by Gasteiger charge is 2.10. The number of carbonyl (C=O) groups is 1. The van der Waals surface area contributed by atoms with Crippen LogP contribution < -0.4 is 5.32 Å². The van der Waals surface area contributed by atoms with Crippen molar-refractivity contribution in [2.75, 3.05) is 6.54 Å². The molecule has 0 bridgehead atoms.